The largest absolute Gasteiger partial charge is 0.491 e. The Balaban J connectivity index is 0.787. The number of likely N-dealkylation sites (N-methyl/N-ethyl adjacent to an activating group) is 1. The summed E-state index contributed by atoms with van der Waals surface area (Å²) in [4.78, 5) is 81.5. The smallest absolute Gasteiger partial charge is 0.255 e. The number of aromatic nitrogens is 6. The number of amides is 3. The van der Waals surface area contributed by atoms with Crippen molar-refractivity contribution in [2.24, 2.45) is 5.92 Å². The Kier molecular flexibility index (Phi) is 16.5. The van der Waals surface area contributed by atoms with Gasteiger partial charge in [0.05, 0.1) is 39.3 Å². The van der Waals surface area contributed by atoms with Crippen molar-refractivity contribution in [3.8, 4) is 5.75 Å². The van der Waals surface area contributed by atoms with E-state index in [0.717, 1.165) is 42.3 Å². The van der Waals surface area contributed by atoms with Crippen LogP contribution in [0.3, 0.4) is 0 Å². The first-order valence-corrected chi connectivity index (χ1v) is 28.6. The Bertz CT molecular complexity index is 3240. The van der Waals surface area contributed by atoms with Crippen molar-refractivity contribution < 1.29 is 36.7 Å². The molecular weight excluding hydrogens is 1020 g/mol. The minimum absolute atomic E-state index is 0.101. The Morgan fingerprint density at radius 3 is 2.30 bits per heavy atom. The predicted molar refractivity (Wildman–Crippen MR) is 290 cm³/mol. The second kappa shape index (κ2) is 23.1. The van der Waals surface area contributed by atoms with E-state index in [-0.39, 0.29) is 58.4 Å². The Hall–Kier alpha value is -6.75. The van der Waals surface area contributed by atoms with Crippen molar-refractivity contribution in [2.45, 2.75) is 101 Å². The summed E-state index contributed by atoms with van der Waals surface area (Å²) >= 11 is 1.30. The van der Waals surface area contributed by atoms with Crippen molar-refractivity contribution >= 4 is 61.4 Å². The van der Waals surface area contributed by atoms with E-state index < -0.39 is 32.5 Å². The maximum absolute atomic E-state index is 14.6. The molecule has 3 saturated heterocycles. The zero-order chi connectivity index (χ0) is 54.8. The second-order valence-corrected chi connectivity index (χ2v) is 24.7. The first-order valence-electron chi connectivity index (χ1n) is 26.2. The number of fused-ring (bicyclic) bond motifs is 1. The van der Waals surface area contributed by atoms with Gasteiger partial charge in [0, 0.05) is 93.1 Å². The summed E-state index contributed by atoms with van der Waals surface area (Å²) < 4.78 is 46.8. The van der Waals surface area contributed by atoms with Crippen LogP contribution in [0.1, 0.15) is 113 Å². The summed E-state index contributed by atoms with van der Waals surface area (Å²) in [5.74, 6) is -0.680. The first kappa shape index (κ1) is 55.0. The van der Waals surface area contributed by atoms with Gasteiger partial charge in [0.15, 0.2) is 9.84 Å². The number of rotatable bonds is 17. The average Bonchev–Trinajstić information content (AvgIpc) is 4.24. The zero-order valence-electron chi connectivity index (χ0n) is 44.6. The van der Waals surface area contributed by atoms with Crippen molar-refractivity contribution in [3.05, 3.63) is 117 Å². The number of hydrogen-bond acceptors (Lipinski definition) is 16. The molecule has 0 aliphatic carbocycles. The number of hydrogen-bond donors (Lipinski definition) is 3. The number of anilines is 1. The van der Waals surface area contributed by atoms with Crippen LogP contribution in [0.2, 0.25) is 0 Å². The number of nitrogens with one attached hydrogen (secondary N) is 3. The van der Waals surface area contributed by atoms with Crippen molar-refractivity contribution in [3.63, 3.8) is 0 Å². The molecule has 4 aromatic heterocycles. The number of thiazole rings is 1. The maximum Gasteiger partial charge on any atom is 0.255 e. The van der Waals surface area contributed by atoms with Gasteiger partial charge in [0.25, 0.3) is 5.91 Å². The van der Waals surface area contributed by atoms with Gasteiger partial charge < -0.3 is 30.1 Å². The summed E-state index contributed by atoms with van der Waals surface area (Å²) in [6.07, 6.45) is 5.87. The number of piperazine rings is 1. The molecule has 0 bridgehead atoms. The SMILES string of the molecule is CN[C@@H](C)C(=O)N[C@H](C(=O)N1CCC[C@H]1c1nc(C(=O)c2ccc(F)cc2)cs1)C1CCN(C(=O)c2ccc(N3CCN(CCOc4cc5ncnc(Cc6n[nH]c(C)c6C)c5cc4S(=O)(=O)C(C)(C)C)CC3)nc2)CC1. The highest BCUT2D eigenvalue weighted by Crippen LogP contribution is 2.38. The van der Waals surface area contributed by atoms with Gasteiger partial charge in [-0.05, 0) is 128 Å². The van der Waals surface area contributed by atoms with Gasteiger partial charge in [-0.1, -0.05) is 0 Å². The molecule has 7 heterocycles. The molecule has 6 aromatic rings. The molecule has 0 radical (unpaired) electrons. The molecule has 3 aliphatic rings. The van der Waals surface area contributed by atoms with Crippen LogP contribution in [0.25, 0.3) is 10.9 Å². The normalized spacial score (nSPS) is 17.7. The van der Waals surface area contributed by atoms with Gasteiger partial charge in [-0.3, -0.25) is 29.2 Å². The average molecular weight is 1090 g/mol. The molecule has 0 saturated carbocycles. The van der Waals surface area contributed by atoms with E-state index >= 15 is 0 Å². The van der Waals surface area contributed by atoms with Gasteiger partial charge >= 0.3 is 0 Å². The maximum atomic E-state index is 14.6. The van der Waals surface area contributed by atoms with Gasteiger partial charge in [0.1, 0.15) is 52.0 Å². The van der Waals surface area contributed by atoms with E-state index in [2.05, 4.69) is 45.6 Å². The zero-order valence-corrected chi connectivity index (χ0v) is 46.3. The van der Waals surface area contributed by atoms with Crippen LogP contribution in [0.5, 0.6) is 5.75 Å². The third-order valence-corrected chi connectivity index (χ3v) is 18.8. The summed E-state index contributed by atoms with van der Waals surface area (Å²) in [5, 5.41) is 16.4. The Morgan fingerprint density at radius 1 is 0.909 bits per heavy atom. The number of piperidine rings is 1. The van der Waals surface area contributed by atoms with E-state index in [1.807, 2.05) is 19.9 Å². The van der Waals surface area contributed by atoms with E-state index in [4.69, 9.17) is 9.72 Å². The van der Waals surface area contributed by atoms with Gasteiger partial charge in [-0.15, -0.1) is 11.3 Å². The quantitative estimate of drug-likeness (QED) is 0.0909. The third kappa shape index (κ3) is 11.9. The summed E-state index contributed by atoms with van der Waals surface area (Å²) in [6.45, 7) is 15.6. The minimum atomic E-state index is -3.83. The standard InChI is InChI=1S/C55H67FN12O7S2/c1-33-34(2)63-64-41(33)28-42-40-27-47(77(73,74)55(4,5)6)46(29-43(40)60-32-59-42)75-26-25-65-21-23-66(24-22-65)48-15-12-38(30-58-48)53(71)67-19-16-36(17-20-67)49(62-51(70)35(3)57-7)54(72)68-18-8-9-45(68)52-61-44(31-76-52)50(69)37-10-13-39(56)14-11-37/h10-15,27,29-32,35-36,45,49,57H,8-9,16-26,28H2,1-7H3,(H,62,70)(H,63,64)/t35-,45-,49-/m0/s1. The lowest BCUT2D eigenvalue weighted by Crippen LogP contribution is -2.57. The lowest BCUT2D eigenvalue weighted by Gasteiger charge is -2.38. The molecule has 3 fully saturated rings. The number of aromatic amines is 1. The third-order valence-electron chi connectivity index (χ3n) is 15.3. The highest BCUT2D eigenvalue weighted by molar-refractivity contribution is 7.92. The Morgan fingerprint density at radius 2 is 1.64 bits per heavy atom. The summed E-state index contributed by atoms with van der Waals surface area (Å²) in [6, 6.07) is 10.6. The van der Waals surface area contributed by atoms with Crippen molar-refractivity contribution in [1.29, 1.82) is 0 Å². The van der Waals surface area contributed by atoms with Crippen LogP contribution in [0, 0.1) is 25.6 Å². The van der Waals surface area contributed by atoms with Crippen LogP contribution in [0.15, 0.2) is 71.3 Å². The number of aryl methyl sites for hydroxylation is 1. The van der Waals surface area contributed by atoms with E-state index in [1.54, 1.807) is 74.3 Å². The topological polar surface area (TPSA) is 229 Å². The molecule has 2 aromatic carbocycles. The number of H-pyrrole nitrogens is 1. The van der Waals surface area contributed by atoms with Crippen LogP contribution >= 0.6 is 11.3 Å². The van der Waals surface area contributed by atoms with Crippen molar-refractivity contribution in [1.82, 2.24) is 55.5 Å². The second-order valence-electron chi connectivity index (χ2n) is 21.2. The molecule has 3 N–H and O–H groups in total. The number of halogens is 1. The summed E-state index contributed by atoms with van der Waals surface area (Å²) in [5.41, 5.74) is 5.09. The number of pyridine rings is 1. The first-order chi connectivity index (χ1) is 36.8. The van der Waals surface area contributed by atoms with Gasteiger partial charge in [0.2, 0.25) is 17.6 Å². The van der Waals surface area contributed by atoms with Crippen LogP contribution in [0.4, 0.5) is 10.2 Å². The highest BCUT2D eigenvalue weighted by atomic mass is 32.2. The molecule has 3 atom stereocenters. The number of benzene rings is 2. The molecule has 0 unspecified atom stereocenters. The molecule has 3 amide bonds. The van der Waals surface area contributed by atoms with Crippen molar-refractivity contribution in [2.75, 3.05) is 70.9 Å². The van der Waals surface area contributed by atoms with E-state index in [9.17, 15) is 32.0 Å². The number of ketones is 1. The predicted octanol–water partition coefficient (Wildman–Crippen LogP) is 5.86. The molecule has 77 heavy (non-hydrogen) atoms. The number of nitrogens with zero attached hydrogens (tertiary/aromatic N) is 9. The van der Waals surface area contributed by atoms with Gasteiger partial charge in [-0.25, -0.2) is 32.7 Å². The molecule has 22 heteroatoms. The highest BCUT2D eigenvalue weighted by Gasteiger charge is 2.42. The molecule has 3 aliphatic heterocycles. The number of sulfone groups is 1. The molecule has 9 rings (SSSR count). The van der Waals surface area contributed by atoms with Gasteiger partial charge in [-0.2, -0.15) is 5.10 Å². The lowest BCUT2D eigenvalue weighted by molar-refractivity contribution is -0.139. The molecule has 19 nitrogen and oxygen atoms in total. The molecule has 0 spiro atoms. The number of carbonyl (C=O) groups is 4. The van der Waals surface area contributed by atoms with E-state index in [0.29, 0.717) is 97.7 Å². The Labute approximate surface area is 452 Å². The fraction of sp³-hybridized carbons (Fsp3) is 0.473. The summed E-state index contributed by atoms with van der Waals surface area (Å²) in [7, 11) is -2.15. The van der Waals surface area contributed by atoms with Crippen LogP contribution in [-0.4, -0.2) is 160 Å². The monoisotopic (exact) mass is 1090 g/mol. The number of likely N-dealkylation sites (tertiary alicyclic amines) is 2. The van der Waals surface area contributed by atoms with Crippen LogP contribution in [-0.2, 0) is 25.8 Å². The fourth-order valence-corrected chi connectivity index (χ4v) is 12.4. The molecule has 408 valence electrons. The number of carbonyl (C=O) groups excluding carboxylic acids is 4. The minimum Gasteiger partial charge on any atom is -0.491 e. The lowest BCUT2D eigenvalue weighted by atomic mass is 9.87. The van der Waals surface area contributed by atoms with E-state index in [1.165, 1.54) is 41.9 Å². The van der Waals surface area contributed by atoms with Crippen LogP contribution < -0.4 is 20.3 Å². The molecular formula is C55H67FN12O7S2. The number of ether oxygens (including phenoxy) is 1. The fourth-order valence-electron chi connectivity index (χ4n) is 10.1.